The van der Waals surface area contributed by atoms with Crippen LogP contribution in [-0.2, 0) is 0 Å². The lowest BCUT2D eigenvalue weighted by molar-refractivity contribution is 0.102. The van der Waals surface area contributed by atoms with Crippen LogP contribution >= 0.6 is 11.3 Å². The lowest BCUT2D eigenvalue weighted by Crippen LogP contribution is -2.12. The monoisotopic (exact) mass is 353 g/mol. The molecule has 2 aromatic carbocycles. The average molecular weight is 353 g/mol. The summed E-state index contributed by atoms with van der Waals surface area (Å²) in [6.45, 7) is 1.83. The zero-order valence-corrected chi connectivity index (χ0v) is 13.9. The minimum Gasteiger partial charge on any atom is -0.321 e. The third-order valence-corrected chi connectivity index (χ3v) is 4.59. The number of hydrogen-bond donors (Lipinski definition) is 1. The Morgan fingerprint density at radius 1 is 1.12 bits per heavy atom. The first-order chi connectivity index (χ1) is 12.1. The highest BCUT2D eigenvalue weighted by molar-refractivity contribution is 7.19. The van der Waals surface area contributed by atoms with Crippen LogP contribution < -0.4 is 5.32 Å². The van der Waals surface area contributed by atoms with Gasteiger partial charge in [0.15, 0.2) is 5.82 Å². The van der Waals surface area contributed by atoms with Crippen LogP contribution in [0.3, 0.4) is 0 Å². The topological polar surface area (TPSA) is 72.2 Å². The van der Waals surface area contributed by atoms with Crippen molar-refractivity contribution in [1.82, 2.24) is 19.8 Å². The van der Waals surface area contributed by atoms with E-state index in [1.807, 2.05) is 25.1 Å². The summed E-state index contributed by atoms with van der Waals surface area (Å²) in [5, 5.41) is 16.1. The maximum atomic E-state index is 13.0. The predicted octanol–water partition coefficient (Wildman–Crippen LogP) is 3.55. The molecule has 0 aliphatic rings. The van der Waals surface area contributed by atoms with Gasteiger partial charge in [-0.1, -0.05) is 23.5 Å². The molecular weight excluding hydrogens is 341 g/mol. The van der Waals surface area contributed by atoms with Gasteiger partial charge in [0.05, 0.1) is 5.69 Å². The minimum absolute atomic E-state index is 0.313. The van der Waals surface area contributed by atoms with E-state index in [9.17, 15) is 9.18 Å². The lowest BCUT2D eigenvalue weighted by Gasteiger charge is -2.09. The highest BCUT2D eigenvalue weighted by Gasteiger charge is 2.15. The number of hydrogen-bond acceptors (Lipinski definition) is 5. The Kier molecular flexibility index (Phi) is 3.73. The summed E-state index contributed by atoms with van der Waals surface area (Å²) in [6, 6.07) is 12.8. The maximum Gasteiger partial charge on any atom is 0.255 e. The number of halogens is 1. The normalized spacial score (nSPS) is 11.0. The smallest absolute Gasteiger partial charge is 0.255 e. The Morgan fingerprint density at radius 2 is 1.88 bits per heavy atom. The molecule has 1 N–H and O–H groups in total. The van der Waals surface area contributed by atoms with Gasteiger partial charge in [0, 0.05) is 11.1 Å². The van der Waals surface area contributed by atoms with Crippen LogP contribution in [0, 0.1) is 12.7 Å². The van der Waals surface area contributed by atoms with Crippen LogP contribution in [-0.4, -0.2) is 25.7 Å². The number of nitrogens with zero attached hydrogens (tertiary/aromatic N) is 4. The first-order valence-electron chi connectivity index (χ1n) is 7.47. The second-order valence-corrected chi connectivity index (χ2v) is 6.31. The zero-order chi connectivity index (χ0) is 17.4. The molecule has 0 saturated carbocycles. The molecular formula is C17H12FN5OS. The van der Waals surface area contributed by atoms with Crippen molar-refractivity contribution < 1.29 is 9.18 Å². The van der Waals surface area contributed by atoms with Crippen molar-refractivity contribution in [1.29, 1.82) is 0 Å². The van der Waals surface area contributed by atoms with Crippen LogP contribution in [0.25, 0.3) is 15.5 Å². The van der Waals surface area contributed by atoms with Gasteiger partial charge in [-0.25, -0.2) is 4.39 Å². The maximum absolute atomic E-state index is 13.0. The Hall–Kier alpha value is -3.13. The van der Waals surface area contributed by atoms with E-state index in [2.05, 4.69) is 20.6 Å². The van der Waals surface area contributed by atoms with Crippen LogP contribution in [0.15, 0.2) is 48.5 Å². The van der Waals surface area contributed by atoms with E-state index in [0.717, 1.165) is 10.6 Å². The number of amides is 1. The van der Waals surface area contributed by atoms with E-state index in [-0.39, 0.29) is 11.7 Å². The summed E-state index contributed by atoms with van der Waals surface area (Å²) < 4.78 is 14.7. The second kappa shape index (κ2) is 6.06. The fourth-order valence-corrected chi connectivity index (χ4v) is 3.32. The number of carbonyl (C=O) groups is 1. The van der Waals surface area contributed by atoms with Crippen molar-refractivity contribution >= 4 is 27.9 Å². The van der Waals surface area contributed by atoms with Crippen molar-refractivity contribution in [2.75, 3.05) is 5.32 Å². The highest BCUT2D eigenvalue weighted by atomic mass is 32.1. The number of fused-ring (bicyclic) bond motifs is 1. The number of aromatic nitrogens is 4. The van der Waals surface area contributed by atoms with Crippen molar-refractivity contribution in [3.05, 3.63) is 65.7 Å². The van der Waals surface area contributed by atoms with Gasteiger partial charge in [0.25, 0.3) is 5.91 Å². The highest BCUT2D eigenvalue weighted by Crippen LogP contribution is 2.31. The first kappa shape index (κ1) is 15.4. The SMILES string of the molecule is Cc1nnc2sc(-c3ccccc3NC(=O)c3ccc(F)cc3)nn12. The van der Waals surface area contributed by atoms with Crippen LogP contribution in [0.5, 0.6) is 0 Å². The number of carbonyl (C=O) groups excluding carboxylic acids is 1. The van der Waals surface area contributed by atoms with Gasteiger partial charge in [-0.15, -0.1) is 10.2 Å². The van der Waals surface area contributed by atoms with E-state index in [1.165, 1.54) is 35.6 Å². The van der Waals surface area contributed by atoms with Crippen molar-refractivity contribution in [2.45, 2.75) is 6.92 Å². The number of para-hydroxylation sites is 1. The van der Waals surface area contributed by atoms with Crippen molar-refractivity contribution in [2.24, 2.45) is 0 Å². The molecule has 0 radical (unpaired) electrons. The van der Waals surface area contributed by atoms with Gasteiger partial charge in [-0.3, -0.25) is 4.79 Å². The fraction of sp³-hybridized carbons (Fsp3) is 0.0588. The predicted molar refractivity (Wildman–Crippen MR) is 93.2 cm³/mol. The quantitative estimate of drug-likeness (QED) is 0.611. The van der Waals surface area contributed by atoms with Crippen molar-refractivity contribution in [3.8, 4) is 10.6 Å². The summed E-state index contributed by atoms with van der Waals surface area (Å²) in [5.74, 6) is 0.00372. The number of benzene rings is 2. The van der Waals surface area contributed by atoms with Gasteiger partial charge in [-0.05, 0) is 43.3 Å². The molecule has 4 rings (SSSR count). The molecule has 0 aliphatic heterocycles. The van der Waals surface area contributed by atoms with Crippen LogP contribution in [0.1, 0.15) is 16.2 Å². The van der Waals surface area contributed by atoms with Gasteiger partial charge < -0.3 is 5.32 Å². The third kappa shape index (κ3) is 2.87. The summed E-state index contributed by atoms with van der Waals surface area (Å²) in [5.41, 5.74) is 1.79. The Morgan fingerprint density at radius 3 is 2.64 bits per heavy atom. The molecule has 4 aromatic rings. The molecule has 8 heteroatoms. The molecule has 2 heterocycles. The fourth-order valence-electron chi connectivity index (χ4n) is 2.40. The average Bonchev–Trinajstić information content (AvgIpc) is 3.18. The molecule has 0 atom stereocenters. The number of anilines is 1. The molecule has 0 spiro atoms. The molecule has 25 heavy (non-hydrogen) atoms. The van der Waals surface area contributed by atoms with Gasteiger partial charge in [-0.2, -0.15) is 9.61 Å². The van der Waals surface area contributed by atoms with Crippen LogP contribution in [0.2, 0.25) is 0 Å². The van der Waals surface area contributed by atoms with E-state index >= 15 is 0 Å². The van der Waals surface area contributed by atoms with E-state index in [4.69, 9.17) is 0 Å². The van der Waals surface area contributed by atoms with Crippen LogP contribution in [0.4, 0.5) is 10.1 Å². The van der Waals surface area contributed by atoms with Gasteiger partial charge >= 0.3 is 0 Å². The Balaban J connectivity index is 1.69. The zero-order valence-electron chi connectivity index (χ0n) is 13.1. The Bertz CT molecular complexity index is 1070. The second-order valence-electron chi connectivity index (χ2n) is 5.36. The molecule has 0 aliphatic carbocycles. The standard InChI is InChI=1S/C17H12FN5OS/c1-10-20-21-17-23(10)22-16(25-17)13-4-2-3-5-14(13)19-15(24)11-6-8-12(18)9-7-11/h2-9H,1H3,(H,19,24). The molecule has 124 valence electrons. The summed E-state index contributed by atoms with van der Waals surface area (Å²) >= 11 is 1.39. The summed E-state index contributed by atoms with van der Waals surface area (Å²) in [4.78, 5) is 13.1. The first-order valence-corrected chi connectivity index (χ1v) is 8.28. The minimum atomic E-state index is -0.382. The van der Waals surface area contributed by atoms with Crippen molar-refractivity contribution in [3.63, 3.8) is 0 Å². The third-order valence-electron chi connectivity index (χ3n) is 3.66. The molecule has 2 aromatic heterocycles. The largest absolute Gasteiger partial charge is 0.321 e. The molecule has 0 fully saturated rings. The molecule has 0 saturated heterocycles. The molecule has 0 bridgehead atoms. The summed E-state index contributed by atoms with van der Waals surface area (Å²) in [6.07, 6.45) is 0. The molecule has 0 unspecified atom stereocenters. The summed E-state index contributed by atoms with van der Waals surface area (Å²) in [7, 11) is 0. The Labute approximate surface area is 146 Å². The molecule has 6 nitrogen and oxygen atoms in total. The number of rotatable bonds is 3. The lowest BCUT2D eigenvalue weighted by atomic mass is 10.1. The van der Waals surface area contributed by atoms with E-state index in [1.54, 1.807) is 10.6 Å². The van der Waals surface area contributed by atoms with Gasteiger partial charge in [0.1, 0.15) is 10.8 Å². The van der Waals surface area contributed by atoms with Gasteiger partial charge in [0.2, 0.25) is 4.96 Å². The number of aryl methyl sites for hydroxylation is 1. The molecule has 1 amide bonds. The number of nitrogens with one attached hydrogen (secondary N) is 1. The van der Waals surface area contributed by atoms with E-state index in [0.29, 0.717) is 22.0 Å². The van der Waals surface area contributed by atoms with E-state index < -0.39 is 0 Å².